The first-order valence-electron chi connectivity index (χ1n) is 8.83. The number of hydrogen-bond acceptors (Lipinski definition) is 6. The molecule has 0 radical (unpaired) electrons. The maximum atomic E-state index is 13.9. The van der Waals surface area contributed by atoms with Crippen molar-refractivity contribution in [1.29, 1.82) is 0 Å². The van der Waals surface area contributed by atoms with Crippen LogP contribution in [0.5, 0.6) is 5.75 Å². The molecule has 0 aliphatic rings. The number of ether oxygens (including phenoxy) is 1. The summed E-state index contributed by atoms with van der Waals surface area (Å²) in [6, 6.07) is 12.7. The van der Waals surface area contributed by atoms with Gasteiger partial charge in [0.15, 0.2) is 0 Å². The summed E-state index contributed by atoms with van der Waals surface area (Å²) in [4.78, 5) is 13.0. The minimum absolute atomic E-state index is 0.119. The zero-order valence-electron chi connectivity index (χ0n) is 15.5. The van der Waals surface area contributed by atoms with Crippen molar-refractivity contribution >= 4 is 28.4 Å². The molecular weight excluding hydrogens is 376 g/mol. The highest BCUT2D eigenvalue weighted by atomic mass is 19.1. The number of pyridine rings is 1. The SMILES string of the molecule is COc1ccc(CNc2ncc3c(Nc4ccc(F)cc4F)nccc3n2)cc1. The van der Waals surface area contributed by atoms with Crippen LogP contribution in [0.2, 0.25) is 0 Å². The molecule has 146 valence electrons. The number of nitrogens with zero attached hydrogens (tertiary/aromatic N) is 3. The van der Waals surface area contributed by atoms with Gasteiger partial charge in [-0.1, -0.05) is 12.1 Å². The quantitative estimate of drug-likeness (QED) is 0.496. The lowest BCUT2D eigenvalue weighted by molar-refractivity contribution is 0.414. The van der Waals surface area contributed by atoms with E-state index in [0.29, 0.717) is 29.2 Å². The fourth-order valence-electron chi connectivity index (χ4n) is 2.78. The molecule has 4 rings (SSSR count). The van der Waals surface area contributed by atoms with Crippen molar-refractivity contribution in [2.45, 2.75) is 6.54 Å². The summed E-state index contributed by atoms with van der Waals surface area (Å²) < 4.78 is 32.2. The van der Waals surface area contributed by atoms with Crippen molar-refractivity contribution in [2.24, 2.45) is 0 Å². The van der Waals surface area contributed by atoms with E-state index in [9.17, 15) is 8.78 Å². The normalized spacial score (nSPS) is 10.7. The second-order valence-corrected chi connectivity index (χ2v) is 6.24. The van der Waals surface area contributed by atoms with Crippen LogP contribution in [0, 0.1) is 11.6 Å². The molecule has 0 saturated carbocycles. The number of anilines is 3. The fraction of sp³-hybridized carbons (Fsp3) is 0.0952. The number of hydrogen-bond donors (Lipinski definition) is 2. The molecule has 29 heavy (non-hydrogen) atoms. The van der Waals surface area contributed by atoms with Gasteiger partial charge in [0.2, 0.25) is 5.95 Å². The lowest BCUT2D eigenvalue weighted by Crippen LogP contribution is -2.04. The third-order valence-corrected chi connectivity index (χ3v) is 4.30. The van der Waals surface area contributed by atoms with Crippen LogP contribution in [0.25, 0.3) is 10.9 Å². The van der Waals surface area contributed by atoms with Crippen LogP contribution in [-0.2, 0) is 6.54 Å². The minimum Gasteiger partial charge on any atom is -0.497 e. The molecule has 0 bridgehead atoms. The van der Waals surface area contributed by atoms with Gasteiger partial charge in [0, 0.05) is 25.0 Å². The van der Waals surface area contributed by atoms with E-state index >= 15 is 0 Å². The van der Waals surface area contributed by atoms with Gasteiger partial charge in [-0.25, -0.2) is 23.7 Å². The third-order valence-electron chi connectivity index (χ3n) is 4.30. The van der Waals surface area contributed by atoms with Gasteiger partial charge in [-0.05, 0) is 35.9 Å². The number of halogens is 2. The summed E-state index contributed by atoms with van der Waals surface area (Å²) >= 11 is 0. The average Bonchev–Trinajstić information content (AvgIpc) is 2.74. The number of methoxy groups -OCH3 is 1. The van der Waals surface area contributed by atoms with Crippen LogP contribution < -0.4 is 15.4 Å². The summed E-state index contributed by atoms with van der Waals surface area (Å²) in [5.41, 5.74) is 1.81. The van der Waals surface area contributed by atoms with Gasteiger partial charge in [0.25, 0.3) is 0 Å². The smallest absolute Gasteiger partial charge is 0.223 e. The molecular formula is C21H17F2N5O. The molecule has 4 aromatic rings. The number of aromatic nitrogens is 3. The van der Waals surface area contributed by atoms with E-state index in [0.717, 1.165) is 17.4 Å². The van der Waals surface area contributed by atoms with Crippen molar-refractivity contribution in [2.75, 3.05) is 17.7 Å². The Kier molecular flexibility index (Phi) is 5.15. The Morgan fingerprint density at radius 2 is 1.83 bits per heavy atom. The molecule has 0 unspecified atom stereocenters. The first-order chi connectivity index (χ1) is 14.1. The van der Waals surface area contributed by atoms with Crippen LogP contribution in [0.4, 0.5) is 26.2 Å². The molecule has 2 heterocycles. The molecule has 0 amide bonds. The molecule has 0 aliphatic heterocycles. The Morgan fingerprint density at radius 3 is 2.59 bits per heavy atom. The van der Waals surface area contributed by atoms with Gasteiger partial charge in [-0.2, -0.15) is 0 Å². The van der Waals surface area contributed by atoms with Crippen molar-refractivity contribution in [1.82, 2.24) is 15.0 Å². The van der Waals surface area contributed by atoms with Crippen molar-refractivity contribution in [3.05, 3.63) is 78.1 Å². The fourth-order valence-corrected chi connectivity index (χ4v) is 2.78. The molecule has 2 N–H and O–H groups in total. The molecule has 0 spiro atoms. The summed E-state index contributed by atoms with van der Waals surface area (Å²) in [7, 11) is 1.62. The van der Waals surface area contributed by atoms with Gasteiger partial charge in [-0.15, -0.1) is 0 Å². The number of benzene rings is 2. The van der Waals surface area contributed by atoms with E-state index in [4.69, 9.17) is 4.74 Å². The Hall–Kier alpha value is -3.81. The predicted octanol–water partition coefficient (Wildman–Crippen LogP) is 4.67. The molecule has 0 aliphatic carbocycles. The highest BCUT2D eigenvalue weighted by molar-refractivity contribution is 5.90. The highest BCUT2D eigenvalue weighted by Gasteiger charge is 2.09. The Bertz CT molecular complexity index is 1150. The summed E-state index contributed by atoms with van der Waals surface area (Å²) in [5, 5.41) is 6.65. The van der Waals surface area contributed by atoms with E-state index in [1.165, 1.54) is 12.1 Å². The second kappa shape index (κ2) is 8.05. The van der Waals surface area contributed by atoms with Gasteiger partial charge >= 0.3 is 0 Å². The Morgan fingerprint density at radius 1 is 1.00 bits per heavy atom. The van der Waals surface area contributed by atoms with Crippen LogP contribution in [0.15, 0.2) is 60.9 Å². The van der Waals surface area contributed by atoms with Gasteiger partial charge in [0.05, 0.1) is 23.7 Å². The van der Waals surface area contributed by atoms with Crippen LogP contribution in [-0.4, -0.2) is 22.1 Å². The Balaban J connectivity index is 1.53. The van der Waals surface area contributed by atoms with Gasteiger partial charge < -0.3 is 15.4 Å². The first kappa shape index (κ1) is 18.5. The Labute approximate surface area is 165 Å². The maximum absolute atomic E-state index is 13.9. The molecule has 8 heteroatoms. The summed E-state index contributed by atoms with van der Waals surface area (Å²) in [6.45, 7) is 0.548. The molecule has 0 fully saturated rings. The lowest BCUT2D eigenvalue weighted by Gasteiger charge is -2.10. The lowest BCUT2D eigenvalue weighted by atomic mass is 10.2. The van der Waals surface area contributed by atoms with Gasteiger partial charge in [0.1, 0.15) is 23.2 Å². The second-order valence-electron chi connectivity index (χ2n) is 6.24. The molecule has 2 aromatic heterocycles. The maximum Gasteiger partial charge on any atom is 0.223 e. The number of rotatable bonds is 6. The van der Waals surface area contributed by atoms with E-state index in [-0.39, 0.29) is 5.69 Å². The van der Waals surface area contributed by atoms with Gasteiger partial charge in [-0.3, -0.25) is 0 Å². The third kappa shape index (κ3) is 4.21. The topological polar surface area (TPSA) is 72.0 Å². The predicted molar refractivity (Wildman–Crippen MR) is 107 cm³/mol. The molecule has 0 atom stereocenters. The highest BCUT2D eigenvalue weighted by Crippen LogP contribution is 2.25. The zero-order chi connectivity index (χ0) is 20.2. The minimum atomic E-state index is -0.706. The van der Waals surface area contributed by atoms with E-state index in [1.54, 1.807) is 25.6 Å². The molecule has 2 aromatic carbocycles. The van der Waals surface area contributed by atoms with Crippen LogP contribution in [0.1, 0.15) is 5.56 Å². The zero-order valence-corrected chi connectivity index (χ0v) is 15.5. The largest absolute Gasteiger partial charge is 0.497 e. The average molecular weight is 393 g/mol. The van der Waals surface area contributed by atoms with E-state index in [2.05, 4.69) is 25.6 Å². The first-order valence-corrected chi connectivity index (χ1v) is 8.83. The standard InChI is InChI=1S/C21H17F2N5O/c1-29-15-5-2-13(3-6-15)11-25-21-26-12-16-18(28-21)8-9-24-20(16)27-19-7-4-14(22)10-17(19)23/h2-10,12H,11H2,1H3,(H,24,27)(H,25,26,28). The monoisotopic (exact) mass is 393 g/mol. The van der Waals surface area contributed by atoms with Crippen molar-refractivity contribution in [3.63, 3.8) is 0 Å². The van der Waals surface area contributed by atoms with Crippen molar-refractivity contribution in [3.8, 4) is 5.75 Å². The van der Waals surface area contributed by atoms with Crippen molar-refractivity contribution < 1.29 is 13.5 Å². The molecule has 0 saturated heterocycles. The number of nitrogens with one attached hydrogen (secondary N) is 2. The van der Waals surface area contributed by atoms with Crippen LogP contribution >= 0.6 is 0 Å². The van der Waals surface area contributed by atoms with E-state index < -0.39 is 11.6 Å². The molecule has 6 nitrogen and oxygen atoms in total. The number of fused-ring (bicyclic) bond motifs is 1. The summed E-state index contributed by atoms with van der Waals surface area (Å²) in [5.74, 6) is 0.284. The van der Waals surface area contributed by atoms with Crippen LogP contribution in [0.3, 0.4) is 0 Å². The van der Waals surface area contributed by atoms with E-state index in [1.807, 2.05) is 24.3 Å². The summed E-state index contributed by atoms with van der Waals surface area (Å²) in [6.07, 6.45) is 3.17.